The van der Waals surface area contributed by atoms with E-state index in [0.717, 1.165) is 31.2 Å². The Bertz CT molecular complexity index is 519. The molecule has 4 nitrogen and oxygen atoms in total. The summed E-state index contributed by atoms with van der Waals surface area (Å²) in [5, 5.41) is 12.1. The number of amides is 1. The smallest absolute Gasteiger partial charge is 0.326 e. The van der Waals surface area contributed by atoms with E-state index in [-0.39, 0.29) is 11.8 Å². The lowest BCUT2D eigenvalue weighted by Crippen LogP contribution is -2.45. The third kappa shape index (κ3) is 5.08. The van der Waals surface area contributed by atoms with Crippen LogP contribution in [0.1, 0.15) is 45.1 Å². The number of carbonyl (C=O) groups excluding carboxylic acids is 1. The van der Waals surface area contributed by atoms with Gasteiger partial charge in [0, 0.05) is 12.3 Å². The summed E-state index contributed by atoms with van der Waals surface area (Å²) in [5.41, 5.74) is 0.920. The molecule has 0 aromatic heterocycles. The number of carbonyl (C=O) groups is 2. The largest absolute Gasteiger partial charge is 0.480 e. The molecule has 23 heavy (non-hydrogen) atoms. The maximum atomic E-state index is 12.4. The Morgan fingerprint density at radius 3 is 2.26 bits per heavy atom. The van der Waals surface area contributed by atoms with Crippen molar-refractivity contribution in [1.29, 1.82) is 0 Å². The van der Waals surface area contributed by atoms with Gasteiger partial charge in [0.05, 0.1) is 0 Å². The van der Waals surface area contributed by atoms with Crippen LogP contribution in [0.5, 0.6) is 0 Å². The van der Waals surface area contributed by atoms with E-state index in [9.17, 15) is 14.7 Å². The number of hydrogen-bond acceptors (Lipinski definition) is 2. The minimum atomic E-state index is -0.974. The molecule has 1 aromatic carbocycles. The quantitative estimate of drug-likeness (QED) is 0.846. The molecule has 126 valence electrons. The molecule has 1 saturated carbocycles. The number of hydrogen-bond donors (Lipinski definition) is 2. The molecular formula is C19H27NO3. The second-order valence-corrected chi connectivity index (χ2v) is 6.94. The summed E-state index contributed by atoms with van der Waals surface area (Å²) >= 11 is 0. The molecule has 0 radical (unpaired) electrons. The van der Waals surface area contributed by atoms with Crippen molar-refractivity contribution in [3.05, 3.63) is 35.9 Å². The first-order valence-electron chi connectivity index (χ1n) is 8.54. The summed E-state index contributed by atoms with van der Waals surface area (Å²) in [5.74, 6) is 0.235. The molecule has 0 saturated heterocycles. The SMILES string of the molecule is CC(C)[C@H]1CC[C@H](C(=O)NC(Cc2ccccc2)C(=O)O)CC1. The van der Waals surface area contributed by atoms with Gasteiger partial charge >= 0.3 is 5.97 Å². The van der Waals surface area contributed by atoms with Gasteiger partial charge in [0.2, 0.25) is 5.91 Å². The Morgan fingerprint density at radius 2 is 1.74 bits per heavy atom. The molecule has 1 aliphatic rings. The molecular weight excluding hydrogens is 290 g/mol. The molecule has 1 aliphatic carbocycles. The molecule has 0 spiro atoms. The van der Waals surface area contributed by atoms with Gasteiger partial charge < -0.3 is 10.4 Å². The predicted octanol–water partition coefficient (Wildman–Crippen LogP) is 3.26. The van der Waals surface area contributed by atoms with Crippen LogP contribution in [0.3, 0.4) is 0 Å². The number of rotatable bonds is 6. The van der Waals surface area contributed by atoms with Crippen LogP contribution in [0, 0.1) is 17.8 Å². The van der Waals surface area contributed by atoms with Crippen LogP contribution in [0.2, 0.25) is 0 Å². The molecule has 1 atom stereocenters. The van der Waals surface area contributed by atoms with Crippen molar-refractivity contribution in [2.24, 2.45) is 17.8 Å². The van der Waals surface area contributed by atoms with Crippen LogP contribution >= 0.6 is 0 Å². The maximum absolute atomic E-state index is 12.4. The Balaban J connectivity index is 1.90. The lowest BCUT2D eigenvalue weighted by Gasteiger charge is -2.30. The first-order chi connectivity index (χ1) is 11.0. The molecule has 1 fully saturated rings. The van der Waals surface area contributed by atoms with Crippen molar-refractivity contribution in [2.75, 3.05) is 0 Å². The summed E-state index contributed by atoms with van der Waals surface area (Å²) in [6.07, 6.45) is 4.18. The molecule has 1 amide bonds. The Kier molecular flexibility index (Phi) is 6.20. The topological polar surface area (TPSA) is 66.4 Å². The summed E-state index contributed by atoms with van der Waals surface area (Å²) in [7, 11) is 0. The van der Waals surface area contributed by atoms with Gasteiger partial charge in [0.1, 0.15) is 6.04 Å². The van der Waals surface area contributed by atoms with E-state index in [1.807, 2.05) is 30.3 Å². The normalized spacial score (nSPS) is 22.6. The standard InChI is InChI=1S/C19H27NO3/c1-13(2)15-8-10-16(11-9-15)18(21)20-17(19(22)23)12-14-6-4-3-5-7-14/h3-7,13,15-17H,8-12H2,1-2H3,(H,20,21)(H,22,23)/t15-,16-,17?. The third-order valence-corrected chi connectivity index (χ3v) is 4.98. The van der Waals surface area contributed by atoms with Crippen LogP contribution in [-0.2, 0) is 16.0 Å². The van der Waals surface area contributed by atoms with Crippen LogP contribution < -0.4 is 5.32 Å². The highest BCUT2D eigenvalue weighted by atomic mass is 16.4. The van der Waals surface area contributed by atoms with Crippen LogP contribution in [0.25, 0.3) is 0 Å². The minimum absolute atomic E-state index is 0.0392. The molecule has 2 rings (SSSR count). The second-order valence-electron chi connectivity index (χ2n) is 6.94. The van der Waals surface area contributed by atoms with Crippen molar-refractivity contribution in [3.8, 4) is 0 Å². The van der Waals surface area contributed by atoms with Gasteiger partial charge in [-0.3, -0.25) is 4.79 Å². The van der Waals surface area contributed by atoms with E-state index in [0.29, 0.717) is 18.3 Å². The van der Waals surface area contributed by atoms with Crippen molar-refractivity contribution < 1.29 is 14.7 Å². The number of carboxylic acids is 1. The van der Waals surface area contributed by atoms with Gasteiger partial charge in [0.15, 0.2) is 0 Å². The van der Waals surface area contributed by atoms with Gasteiger partial charge in [-0.05, 0) is 43.1 Å². The zero-order valence-electron chi connectivity index (χ0n) is 14.0. The van der Waals surface area contributed by atoms with E-state index in [1.54, 1.807) is 0 Å². The van der Waals surface area contributed by atoms with E-state index in [4.69, 9.17) is 0 Å². The average Bonchev–Trinajstić information content (AvgIpc) is 2.55. The molecule has 1 aromatic rings. The van der Waals surface area contributed by atoms with E-state index in [1.165, 1.54) is 0 Å². The fourth-order valence-corrected chi connectivity index (χ4v) is 3.39. The highest BCUT2D eigenvalue weighted by Gasteiger charge is 2.30. The Labute approximate surface area is 138 Å². The van der Waals surface area contributed by atoms with Gasteiger partial charge in [-0.15, -0.1) is 0 Å². The first-order valence-corrected chi connectivity index (χ1v) is 8.54. The van der Waals surface area contributed by atoms with Gasteiger partial charge in [-0.25, -0.2) is 4.79 Å². The lowest BCUT2D eigenvalue weighted by atomic mass is 9.76. The first kappa shape index (κ1) is 17.5. The van der Waals surface area contributed by atoms with Crippen LogP contribution in [0.4, 0.5) is 0 Å². The van der Waals surface area contributed by atoms with Gasteiger partial charge in [-0.1, -0.05) is 44.2 Å². The summed E-state index contributed by atoms with van der Waals surface area (Å²) in [6, 6.07) is 8.57. The van der Waals surface area contributed by atoms with Crippen molar-refractivity contribution in [3.63, 3.8) is 0 Å². The Hall–Kier alpha value is -1.84. The maximum Gasteiger partial charge on any atom is 0.326 e. The third-order valence-electron chi connectivity index (χ3n) is 4.98. The fourth-order valence-electron chi connectivity index (χ4n) is 3.39. The zero-order chi connectivity index (χ0) is 16.8. The molecule has 2 N–H and O–H groups in total. The molecule has 0 bridgehead atoms. The summed E-state index contributed by atoms with van der Waals surface area (Å²) in [6.45, 7) is 4.46. The molecule has 4 heteroatoms. The van der Waals surface area contributed by atoms with E-state index >= 15 is 0 Å². The van der Waals surface area contributed by atoms with Crippen LogP contribution in [-0.4, -0.2) is 23.0 Å². The second kappa shape index (κ2) is 8.14. The molecule has 0 aliphatic heterocycles. The van der Waals surface area contributed by atoms with Gasteiger partial charge in [0.25, 0.3) is 0 Å². The molecule has 0 heterocycles. The van der Waals surface area contributed by atoms with Crippen molar-refractivity contribution in [1.82, 2.24) is 5.32 Å². The van der Waals surface area contributed by atoms with Crippen molar-refractivity contribution in [2.45, 2.75) is 52.0 Å². The number of benzene rings is 1. The number of aliphatic carboxylic acids is 1. The van der Waals surface area contributed by atoms with Gasteiger partial charge in [-0.2, -0.15) is 0 Å². The molecule has 1 unspecified atom stereocenters. The number of carboxylic acid groups (broad SMARTS) is 1. The summed E-state index contributed by atoms with van der Waals surface area (Å²) < 4.78 is 0. The summed E-state index contributed by atoms with van der Waals surface area (Å²) in [4.78, 5) is 23.9. The van der Waals surface area contributed by atoms with Crippen LogP contribution in [0.15, 0.2) is 30.3 Å². The minimum Gasteiger partial charge on any atom is -0.480 e. The predicted molar refractivity (Wildman–Crippen MR) is 90.0 cm³/mol. The highest BCUT2D eigenvalue weighted by Crippen LogP contribution is 2.33. The number of nitrogens with one attached hydrogen (secondary N) is 1. The highest BCUT2D eigenvalue weighted by molar-refractivity contribution is 5.85. The fraction of sp³-hybridized carbons (Fsp3) is 0.579. The monoisotopic (exact) mass is 317 g/mol. The Morgan fingerprint density at radius 1 is 1.13 bits per heavy atom. The van der Waals surface area contributed by atoms with E-state index < -0.39 is 12.0 Å². The van der Waals surface area contributed by atoms with Crippen molar-refractivity contribution >= 4 is 11.9 Å². The van der Waals surface area contributed by atoms with E-state index in [2.05, 4.69) is 19.2 Å². The zero-order valence-corrected chi connectivity index (χ0v) is 14.0. The lowest BCUT2D eigenvalue weighted by molar-refractivity contribution is -0.142. The average molecular weight is 317 g/mol.